The van der Waals surface area contributed by atoms with Crippen molar-refractivity contribution in [3.8, 4) is 0 Å². The molecule has 1 amide bonds. The van der Waals surface area contributed by atoms with Crippen LogP contribution in [0, 0.1) is 5.92 Å². The second kappa shape index (κ2) is 5.48. The molecular weight excluding hydrogens is 200 g/mol. The Balaban J connectivity index is 1.67. The maximum Gasteiger partial charge on any atom is 0.246 e. The molecule has 0 spiro atoms. The summed E-state index contributed by atoms with van der Waals surface area (Å²) in [5.41, 5.74) is 2.18. The van der Waals surface area contributed by atoms with Gasteiger partial charge in [-0.15, -0.1) is 0 Å². The molecule has 16 heavy (non-hydrogen) atoms. The van der Waals surface area contributed by atoms with Crippen molar-refractivity contribution in [1.29, 1.82) is 0 Å². The normalized spacial score (nSPS) is 20.7. The maximum absolute atomic E-state index is 11.8. The van der Waals surface area contributed by atoms with Gasteiger partial charge >= 0.3 is 0 Å². The predicted octanol–water partition coefficient (Wildman–Crippen LogP) is 1.60. The van der Waals surface area contributed by atoms with E-state index in [2.05, 4.69) is 10.6 Å². The zero-order valence-electron chi connectivity index (χ0n) is 10.1. The molecule has 0 radical (unpaired) electrons. The van der Waals surface area contributed by atoms with E-state index in [9.17, 15) is 4.79 Å². The van der Waals surface area contributed by atoms with Gasteiger partial charge in [-0.1, -0.05) is 25.7 Å². The molecule has 0 atom stereocenters. The van der Waals surface area contributed by atoms with Crippen molar-refractivity contribution in [2.75, 3.05) is 19.6 Å². The van der Waals surface area contributed by atoms with Gasteiger partial charge in [-0.2, -0.15) is 0 Å². The number of nitrogens with one attached hydrogen (secondary N) is 2. The second-order valence-electron chi connectivity index (χ2n) is 5.03. The topological polar surface area (TPSA) is 41.1 Å². The van der Waals surface area contributed by atoms with Gasteiger partial charge in [0.15, 0.2) is 0 Å². The standard InChI is InChI=1S/C13H22N2O/c1-10(12-8-14-9-12)13(16)15-7-6-11-4-2-3-5-11/h11,14H,2-9H2,1H3,(H,15,16). The lowest BCUT2D eigenvalue weighted by Gasteiger charge is -2.21. The highest BCUT2D eigenvalue weighted by atomic mass is 16.1. The average Bonchev–Trinajstić information content (AvgIpc) is 2.67. The molecule has 3 heteroatoms. The lowest BCUT2D eigenvalue weighted by Crippen LogP contribution is -2.38. The molecule has 0 bridgehead atoms. The molecule has 2 rings (SSSR count). The summed E-state index contributed by atoms with van der Waals surface area (Å²) in [6.45, 7) is 4.56. The number of amides is 1. The summed E-state index contributed by atoms with van der Waals surface area (Å²) in [4.78, 5) is 11.8. The Morgan fingerprint density at radius 3 is 2.62 bits per heavy atom. The molecule has 1 aliphatic carbocycles. The molecule has 1 heterocycles. The Morgan fingerprint density at radius 2 is 2.06 bits per heavy atom. The third-order valence-corrected chi connectivity index (χ3v) is 3.86. The number of hydrogen-bond acceptors (Lipinski definition) is 2. The maximum atomic E-state index is 11.8. The molecule has 2 aliphatic rings. The molecule has 1 saturated carbocycles. The van der Waals surface area contributed by atoms with Crippen LogP contribution < -0.4 is 10.6 Å². The van der Waals surface area contributed by atoms with Crippen LogP contribution in [0.15, 0.2) is 11.1 Å². The van der Waals surface area contributed by atoms with Crippen molar-refractivity contribution < 1.29 is 4.79 Å². The molecule has 1 saturated heterocycles. The highest BCUT2D eigenvalue weighted by Crippen LogP contribution is 2.26. The van der Waals surface area contributed by atoms with E-state index < -0.39 is 0 Å². The molecule has 0 aromatic heterocycles. The van der Waals surface area contributed by atoms with E-state index in [0.717, 1.165) is 37.5 Å². The largest absolute Gasteiger partial charge is 0.352 e. The fourth-order valence-corrected chi connectivity index (χ4v) is 2.50. The van der Waals surface area contributed by atoms with Gasteiger partial charge in [0.1, 0.15) is 0 Å². The first-order valence-corrected chi connectivity index (χ1v) is 6.45. The van der Waals surface area contributed by atoms with Crippen LogP contribution in [0.25, 0.3) is 0 Å². The first-order valence-electron chi connectivity index (χ1n) is 6.45. The summed E-state index contributed by atoms with van der Waals surface area (Å²) in [6, 6.07) is 0. The summed E-state index contributed by atoms with van der Waals surface area (Å²) in [5.74, 6) is 0.994. The molecule has 3 nitrogen and oxygen atoms in total. The van der Waals surface area contributed by atoms with Crippen molar-refractivity contribution in [2.45, 2.75) is 39.0 Å². The van der Waals surface area contributed by atoms with E-state index in [1.54, 1.807) is 0 Å². The molecule has 0 aromatic carbocycles. The highest BCUT2D eigenvalue weighted by Gasteiger charge is 2.17. The second-order valence-corrected chi connectivity index (χ2v) is 5.03. The van der Waals surface area contributed by atoms with Crippen LogP contribution in [-0.4, -0.2) is 25.5 Å². The van der Waals surface area contributed by atoms with Gasteiger partial charge in [0, 0.05) is 25.2 Å². The average molecular weight is 222 g/mol. The van der Waals surface area contributed by atoms with Gasteiger partial charge in [-0.3, -0.25) is 4.79 Å². The van der Waals surface area contributed by atoms with Crippen LogP contribution in [0.1, 0.15) is 39.0 Å². The van der Waals surface area contributed by atoms with Crippen LogP contribution in [0.4, 0.5) is 0 Å². The Kier molecular flexibility index (Phi) is 3.99. The first kappa shape index (κ1) is 11.6. The number of rotatable bonds is 4. The minimum Gasteiger partial charge on any atom is -0.352 e. The van der Waals surface area contributed by atoms with Crippen LogP contribution >= 0.6 is 0 Å². The fraction of sp³-hybridized carbons (Fsp3) is 0.769. The molecule has 2 fully saturated rings. The van der Waals surface area contributed by atoms with Crippen LogP contribution in [0.3, 0.4) is 0 Å². The van der Waals surface area contributed by atoms with E-state index in [0.29, 0.717) is 0 Å². The van der Waals surface area contributed by atoms with Crippen LogP contribution in [0.5, 0.6) is 0 Å². The summed E-state index contributed by atoms with van der Waals surface area (Å²) >= 11 is 0. The lowest BCUT2D eigenvalue weighted by atomic mass is 10.0. The first-order chi connectivity index (χ1) is 7.77. The number of carbonyl (C=O) groups is 1. The predicted molar refractivity (Wildman–Crippen MR) is 65.2 cm³/mol. The summed E-state index contributed by atoms with van der Waals surface area (Å²) in [6.07, 6.45) is 6.65. The summed E-state index contributed by atoms with van der Waals surface area (Å²) in [5, 5.41) is 6.19. The van der Waals surface area contributed by atoms with E-state index in [4.69, 9.17) is 0 Å². The Labute approximate surface area is 97.7 Å². The van der Waals surface area contributed by atoms with Crippen LogP contribution in [-0.2, 0) is 4.79 Å². The monoisotopic (exact) mass is 222 g/mol. The Bertz CT molecular complexity index is 284. The van der Waals surface area contributed by atoms with Crippen molar-refractivity contribution in [3.05, 3.63) is 11.1 Å². The third kappa shape index (κ3) is 2.85. The fourth-order valence-electron chi connectivity index (χ4n) is 2.50. The van der Waals surface area contributed by atoms with E-state index >= 15 is 0 Å². The van der Waals surface area contributed by atoms with Gasteiger partial charge in [0.05, 0.1) is 0 Å². The minimum absolute atomic E-state index is 0.134. The summed E-state index contributed by atoms with van der Waals surface area (Å²) < 4.78 is 0. The van der Waals surface area contributed by atoms with E-state index in [1.807, 2.05) is 6.92 Å². The molecule has 1 aliphatic heterocycles. The zero-order valence-corrected chi connectivity index (χ0v) is 10.1. The lowest BCUT2D eigenvalue weighted by molar-refractivity contribution is -0.117. The minimum atomic E-state index is 0.134. The molecule has 90 valence electrons. The van der Waals surface area contributed by atoms with Gasteiger partial charge in [-0.05, 0) is 24.8 Å². The Hall–Kier alpha value is -0.830. The number of carbonyl (C=O) groups excluding carboxylic acids is 1. The molecule has 0 unspecified atom stereocenters. The number of hydrogen-bond donors (Lipinski definition) is 2. The molecule has 2 N–H and O–H groups in total. The Morgan fingerprint density at radius 1 is 1.38 bits per heavy atom. The van der Waals surface area contributed by atoms with Gasteiger partial charge in [0.2, 0.25) is 5.91 Å². The van der Waals surface area contributed by atoms with Gasteiger partial charge in [0.25, 0.3) is 0 Å². The van der Waals surface area contributed by atoms with Gasteiger partial charge in [-0.25, -0.2) is 0 Å². The van der Waals surface area contributed by atoms with Crippen LogP contribution in [0.2, 0.25) is 0 Å². The smallest absolute Gasteiger partial charge is 0.246 e. The van der Waals surface area contributed by atoms with Crippen molar-refractivity contribution in [2.24, 2.45) is 5.92 Å². The van der Waals surface area contributed by atoms with E-state index in [1.165, 1.54) is 31.3 Å². The van der Waals surface area contributed by atoms with Crippen molar-refractivity contribution in [3.63, 3.8) is 0 Å². The van der Waals surface area contributed by atoms with Crippen molar-refractivity contribution in [1.82, 2.24) is 10.6 Å². The summed E-state index contributed by atoms with van der Waals surface area (Å²) in [7, 11) is 0. The van der Waals surface area contributed by atoms with Crippen molar-refractivity contribution >= 4 is 5.91 Å². The molecule has 0 aromatic rings. The third-order valence-electron chi connectivity index (χ3n) is 3.86. The SMILES string of the molecule is CC(C(=O)NCCC1CCCC1)=C1CNC1. The zero-order chi connectivity index (χ0) is 11.4. The highest BCUT2D eigenvalue weighted by molar-refractivity contribution is 5.93. The molecular formula is C13H22N2O. The van der Waals surface area contributed by atoms with Gasteiger partial charge < -0.3 is 10.6 Å². The van der Waals surface area contributed by atoms with E-state index in [-0.39, 0.29) is 5.91 Å². The quantitative estimate of drug-likeness (QED) is 0.709.